The summed E-state index contributed by atoms with van der Waals surface area (Å²) in [5, 5.41) is 35.1. The van der Waals surface area contributed by atoms with Gasteiger partial charge in [-0.15, -0.1) is 0 Å². The van der Waals surface area contributed by atoms with Gasteiger partial charge in [0, 0.05) is 12.1 Å². The van der Waals surface area contributed by atoms with E-state index in [-0.39, 0.29) is 5.56 Å². The molecule has 3 N–H and O–H groups in total. The second kappa shape index (κ2) is 6.24. The van der Waals surface area contributed by atoms with Crippen molar-refractivity contribution in [3.63, 3.8) is 0 Å². The minimum Gasteiger partial charge on any atom is -0.383 e. The number of nitrogens with one attached hydrogen (secondary N) is 1. The zero-order valence-corrected chi connectivity index (χ0v) is 12.0. The van der Waals surface area contributed by atoms with Crippen molar-refractivity contribution in [2.75, 3.05) is 6.54 Å². The minimum atomic E-state index is -2.61. The lowest BCUT2D eigenvalue weighted by atomic mass is 9.99. The number of aliphatic hydroxyl groups is 2. The molecule has 0 radical (unpaired) electrons. The second-order valence-electron chi connectivity index (χ2n) is 5.36. The van der Waals surface area contributed by atoms with E-state index in [0.717, 1.165) is 24.8 Å². The highest BCUT2D eigenvalue weighted by atomic mass is 16.6. The smallest absolute Gasteiger partial charge is 0.328 e. The van der Waals surface area contributed by atoms with Crippen molar-refractivity contribution in [3.8, 4) is 0 Å². The van der Waals surface area contributed by atoms with Gasteiger partial charge in [0.25, 0.3) is 5.79 Å². The largest absolute Gasteiger partial charge is 0.383 e. The lowest BCUT2D eigenvalue weighted by Crippen LogP contribution is -2.35. The van der Waals surface area contributed by atoms with Crippen LogP contribution in [0.3, 0.4) is 0 Å². The van der Waals surface area contributed by atoms with Gasteiger partial charge in [-0.3, -0.25) is 10.1 Å². The first-order valence-corrected chi connectivity index (χ1v) is 7.06. The van der Waals surface area contributed by atoms with Gasteiger partial charge in [-0.1, -0.05) is 36.2 Å². The number of allylic oxidation sites excluding steroid dienone is 1. The fourth-order valence-corrected chi connectivity index (χ4v) is 2.50. The summed E-state index contributed by atoms with van der Waals surface area (Å²) >= 11 is 0. The highest BCUT2D eigenvalue weighted by Gasteiger charge is 2.43. The number of benzene rings is 1. The molecule has 0 unspecified atom stereocenters. The molecule has 0 amide bonds. The lowest BCUT2D eigenvalue weighted by molar-refractivity contribution is -0.464. The fraction of sp³-hybridized carbons (Fsp3) is 0.467. The molecule has 1 aromatic rings. The third-order valence-electron chi connectivity index (χ3n) is 3.69. The Morgan fingerprint density at radius 2 is 1.90 bits per heavy atom. The number of nitro groups is 1. The summed E-state index contributed by atoms with van der Waals surface area (Å²) in [6.45, 7) is 2.47. The minimum absolute atomic E-state index is 0.0957. The van der Waals surface area contributed by atoms with Crippen LogP contribution >= 0.6 is 0 Å². The highest BCUT2D eigenvalue weighted by Crippen LogP contribution is 2.31. The number of rotatable bonds is 3. The summed E-state index contributed by atoms with van der Waals surface area (Å²) in [6.07, 6.45) is 3.13. The Bertz CT molecular complexity index is 539. The topological polar surface area (TPSA) is 95.6 Å². The predicted molar refractivity (Wildman–Crippen MR) is 77.8 cm³/mol. The Labute approximate surface area is 123 Å². The summed E-state index contributed by atoms with van der Waals surface area (Å²) in [5.41, 5.74) is 0.770. The van der Waals surface area contributed by atoms with Gasteiger partial charge in [-0.2, -0.15) is 0 Å². The molecule has 1 saturated heterocycles. The Morgan fingerprint density at radius 3 is 2.52 bits per heavy atom. The second-order valence-corrected chi connectivity index (χ2v) is 5.36. The van der Waals surface area contributed by atoms with E-state index in [1.54, 1.807) is 12.1 Å². The van der Waals surface area contributed by atoms with Gasteiger partial charge < -0.3 is 15.5 Å². The van der Waals surface area contributed by atoms with E-state index < -0.39 is 16.4 Å². The molecule has 0 atom stereocenters. The van der Waals surface area contributed by atoms with Crippen molar-refractivity contribution in [1.82, 2.24) is 5.32 Å². The van der Waals surface area contributed by atoms with Gasteiger partial charge in [0.1, 0.15) is 0 Å². The fourth-order valence-electron chi connectivity index (χ4n) is 2.50. The van der Waals surface area contributed by atoms with Crippen LogP contribution in [-0.2, 0) is 5.79 Å². The number of hydrogen-bond donors (Lipinski definition) is 3. The van der Waals surface area contributed by atoms with Gasteiger partial charge in [0.15, 0.2) is 0 Å². The third-order valence-corrected chi connectivity index (χ3v) is 3.69. The molecule has 6 heteroatoms. The van der Waals surface area contributed by atoms with E-state index in [9.17, 15) is 20.3 Å². The van der Waals surface area contributed by atoms with Gasteiger partial charge >= 0.3 is 5.70 Å². The summed E-state index contributed by atoms with van der Waals surface area (Å²) < 4.78 is 0. The standard InChI is InChI=1S/C15H20N2O4/c1-11-6-8-12(9-7-11)15(18,19)14(17(20)21)13-5-3-2-4-10-16-13/h6-9,16,18-19H,2-5,10H2,1H3/b14-13+. The molecule has 1 heterocycles. The Kier molecular flexibility index (Phi) is 4.59. The van der Waals surface area contributed by atoms with Crippen LogP contribution in [0.1, 0.15) is 36.8 Å². The van der Waals surface area contributed by atoms with Crippen LogP contribution in [0.25, 0.3) is 0 Å². The van der Waals surface area contributed by atoms with Gasteiger partial charge in [0.2, 0.25) is 0 Å². The van der Waals surface area contributed by atoms with Crippen molar-refractivity contribution >= 4 is 0 Å². The summed E-state index contributed by atoms with van der Waals surface area (Å²) in [5.74, 6) is -2.61. The quantitative estimate of drug-likeness (QED) is 0.448. The van der Waals surface area contributed by atoms with E-state index in [2.05, 4.69) is 5.32 Å². The third kappa shape index (κ3) is 3.40. The molecule has 21 heavy (non-hydrogen) atoms. The van der Waals surface area contributed by atoms with Crippen molar-refractivity contribution in [2.45, 2.75) is 38.4 Å². The molecule has 0 saturated carbocycles. The number of aryl methyl sites for hydroxylation is 1. The first kappa shape index (κ1) is 15.5. The lowest BCUT2D eigenvalue weighted by Gasteiger charge is -2.22. The van der Waals surface area contributed by atoms with Crippen LogP contribution < -0.4 is 5.32 Å². The number of nitrogens with zero attached hydrogens (tertiary/aromatic N) is 1. The van der Waals surface area contributed by atoms with Crippen molar-refractivity contribution in [1.29, 1.82) is 0 Å². The maximum absolute atomic E-state index is 11.4. The molecule has 1 aliphatic heterocycles. The maximum atomic E-state index is 11.4. The zero-order valence-electron chi connectivity index (χ0n) is 12.0. The molecule has 0 bridgehead atoms. The molecule has 0 aromatic heterocycles. The van der Waals surface area contributed by atoms with Crippen LogP contribution in [0.4, 0.5) is 0 Å². The van der Waals surface area contributed by atoms with E-state index >= 15 is 0 Å². The molecule has 1 aliphatic rings. The molecule has 0 spiro atoms. The average Bonchev–Trinajstić information content (AvgIpc) is 2.67. The van der Waals surface area contributed by atoms with E-state index in [1.165, 1.54) is 12.1 Å². The first-order chi connectivity index (χ1) is 9.93. The molecule has 6 nitrogen and oxygen atoms in total. The normalized spacial score (nSPS) is 18.6. The highest BCUT2D eigenvalue weighted by molar-refractivity contribution is 5.31. The first-order valence-electron chi connectivity index (χ1n) is 7.06. The van der Waals surface area contributed by atoms with Crippen LogP contribution in [0.15, 0.2) is 35.7 Å². The van der Waals surface area contributed by atoms with Gasteiger partial charge in [-0.25, -0.2) is 0 Å². The monoisotopic (exact) mass is 292 g/mol. The molecule has 1 fully saturated rings. The van der Waals surface area contributed by atoms with Crippen LogP contribution in [0.5, 0.6) is 0 Å². The average molecular weight is 292 g/mol. The Balaban J connectivity index is 2.47. The number of hydrogen-bond acceptors (Lipinski definition) is 5. The zero-order chi connectivity index (χ0) is 15.5. The molecule has 114 valence electrons. The van der Waals surface area contributed by atoms with E-state index in [0.29, 0.717) is 18.7 Å². The molecule has 1 aromatic carbocycles. The van der Waals surface area contributed by atoms with Crippen molar-refractivity contribution in [3.05, 3.63) is 56.9 Å². The van der Waals surface area contributed by atoms with Gasteiger partial charge in [0.05, 0.1) is 10.6 Å². The predicted octanol–water partition coefficient (Wildman–Crippen LogP) is 1.78. The SMILES string of the molecule is Cc1ccc(C(O)(O)/C(=C2/CCCCCN2)[N+](=O)[O-])cc1. The van der Waals surface area contributed by atoms with Crippen LogP contribution in [0, 0.1) is 17.0 Å². The van der Waals surface area contributed by atoms with E-state index in [4.69, 9.17) is 0 Å². The summed E-state index contributed by atoms with van der Waals surface area (Å²) in [4.78, 5) is 10.7. The van der Waals surface area contributed by atoms with Crippen molar-refractivity contribution < 1.29 is 15.1 Å². The Morgan fingerprint density at radius 1 is 1.24 bits per heavy atom. The molecular formula is C15H20N2O4. The molecular weight excluding hydrogens is 272 g/mol. The molecule has 2 rings (SSSR count). The Hall–Kier alpha value is -1.92. The van der Waals surface area contributed by atoms with E-state index in [1.807, 2.05) is 6.92 Å². The maximum Gasteiger partial charge on any atom is 0.328 e. The van der Waals surface area contributed by atoms with Crippen LogP contribution in [-0.4, -0.2) is 21.7 Å². The van der Waals surface area contributed by atoms with Gasteiger partial charge in [-0.05, 0) is 26.2 Å². The molecule has 0 aliphatic carbocycles. The summed E-state index contributed by atoms with van der Waals surface area (Å²) in [6, 6.07) is 6.38. The summed E-state index contributed by atoms with van der Waals surface area (Å²) in [7, 11) is 0. The van der Waals surface area contributed by atoms with Crippen LogP contribution in [0.2, 0.25) is 0 Å². The van der Waals surface area contributed by atoms with Crippen molar-refractivity contribution in [2.24, 2.45) is 0 Å².